The summed E-state index contributed by atoms with van der Waals surface area (Å²) in [5, 5.41) is 18.4. The second-order valence-electron chi connectivity index (χ2n) is 8.20. The van der Waals surface area contributed by atoms with Crippen molar-refractivity contribution in [2.45, 2.75) is 37.8 Å². The van der Waals surface area contributed by atoms with Crippen LogP contribution in [0.4, 0.5) is 0 Å². The molecule has 1 amide bonds. The van der Waals surface area contributed by atoms with Crippen LogP contribution in [0.2, 0.25) is 0 Å². The lowest BCUT2D eigenvalue weighted by molar-refractivity contribution is 0.0383. The summed E-state index contributed by atoms with van der Waals surface area (Å²) in [5.41, 5.74) is 1.61. The maximum atomic E-state index is 12.4. The van der Waals surface area contributed by atoms with Crippen LogP contribution in [0.25, 0.3) is 10.6 Å². The fraction of sp³-hybridized carbons (Fsp3) is 0.591. The number of aromatic nitrogens is 2. The summed E-state index contributed by atoms with van der Waals surface area (Å²) >= 11 is 1.54. The van der Waals surface area contributed by atoms with Gasteiger partial charge in [-0.1, -0.05) is 23.5 Å². The molecule has 2 heterocycles. The Bertz CT molecular complexity index is 933. The Kier molecular flexibility index (Phi) is 7.49. The fourth-order valence-electron chi connectivity index (χ4n) is 4.01. The van der Waals surface area contributed by atoms with Crippen molar-refractivity contribution in [3.63, 3.8) is 0 Å². The van der Waals surface area contributed by atoms with E-state index in [-0.39, 0.29) is 18.1 Å². The summed E-state index contributed by atoms with van der Waals surface area (Å²) in [7, 11) is 1.90. The third-order valence-electron chi connectivity index (χ3n) is 5.83. The van der Waals surface area contributed by atoms with Gasteiger partial charge in [-0.3, -0.25) is 14.7 Å². The van der Waals surface area contributed by atoms with Gasteiger partial charge in [0.25, 0.3) is 5.91 Å². The number of morpholine rings is 1. The van der Waals surface area contributed by atoms with E-state index in [0.717, 1.165) is 73.9 Å². The molecule has 9 heteroatoms. The normalized spacial score (nSPS) is 23.1. The largest absolute Gasteiger partial charge is 0.393 e. The van der Waals surface area contributed by atoms with Gasteiger partial charge < -0.3 is 15.2 Å². The highest BCUT2D eigenvalue weighted by Gasteiger charge is 2.20. The van der Waals surface area contributed by atoms with E-state index in [1.54, 1.807) is 4.68 Å². The molecule has 31 heavy (non-hydrogen) atoms. The Morgan fingerprint density at radius 2 is 2.06 bits per heavy atom. The summed E-state index contributed by atoms with van der Waals surface area (Å²) in [4.78, 5) is 20.4. The molecule has 1 saturated heterocycles. The van der Waals surface area contributed by atoms with E-state index in [0.29, 0.717) is 12.1 Å². The van der Waals surface area contributed by atoms with Crippen molar-refractivity contribution in [3.8, 4) is 10.6 Å². The molecule has 168 valence electrons. The predicted octanol–water partition coefficient (Wildman–Crippen LogP) is 1.41. The minimum Gasteiger partial charge on any atom is -0.393 e. The lowest BCUT2D eigenvalue weighted by Crippen LogP contribution is -2.41. The molecule has 8 nitrogen and oxygen atoms in total. The molecule has 2 aromatic rings. The third-order valence-corrected chi connectivity index (χ3v) is 6.89. The number of benzene rings is 1. The molecule has 0 bridgehead atoms. The average Bonchev–Trinajstić information content (AvgIpc) is 3.15. The van der Waals surface area contributed by atoms with Gasteiger partial charge in [-0.2, -0.15) is 5.10 Å². The molecule has 2 N–H and O–H groups in total. The van der Waals surface area contributed by atoms with Gasteiger partial charge in [0, 0.05) is 44.4 Å². The Morgan fingerprint density at radius 3 is 2.81 bits per heavy atom. The van der Waals surface area contributed by atoms with Crippen molar-refractivity contribution in [2.75, 3.05) is 39.4 Å². The first-order valence-electron chi connectivity index (χ1n) is 11.0. The zero-order valence-corrected chi connectivity index (χ0v) is 18.8. The number of hydrogen-bond donors (Lipinski definition) is 2. The molecule has 4 rings (SSSR count). The number of nitrogens with one attached hydrogen (secondary N) is 1. The van der Waals surface area contributed by atoms with Gasteiger partial charge in [0.15, 0.2) is 0 Å². The number of nitrogens with zero attached hydrogens (tertiary/aromatic N) is 4. The van der Waals surface area contributed by atoms with Gasteiger partial charge in [0.05, 0.1) is 25.4 Å². The van der Waals surface area contributed by atoms with Crippen molar-refractivity contribution in [1.82, 2.24) is 20.0 Å². The van der Waals surface area contributed by atoms with E-state index in [1.807, 2.05) is 31.3 Å². The van der Waals surface area contributed by atoms with Crippen LogP contribution in [0.1, 0.15) is 36.0 Å². The highest BCUT2D eigenvalue weighted by molar-refractivity contribution is 7.12. The van der Waals surface area contributed by atoms with Crippen molar-refractivity contribution >= 4 is 17.2 Å². The number of aliphatic hydroxyl groups is 1. The first kappa shape index (κ1) is 22.1. The maximum absolute atomic E-state index is 12.4. The molecule has 1 aromatic heterocycles. The summed E-state index contributed by atoms with van der Waals surface area (Å²) in [5.74, 6) is -0.0592. The first-order chi connectivity index (χ1) is 15.1. The lowest BCUT2D eigenvalue weighted by Gasteiger charge is -2.26. The number of rotatable bonds is 6. The number of ether oxygens (including phenoxy) is 1. The second-order valence-corrected chi connectivity index (χ2v) is 9.16. The number of amides is 1. The number of carbonyl (C=O) groups is 1. The van der Waals surface area contributed by atoms with Crippen LogP contribution in [0.3, 0.4) is 0 Å². The first-order valence-corrected chi connectivity index (χ1v) is 11.8. The van der Waals surface area contributed by atoms with E-state index in [9.17, 15) is 9.90 Å². The molecule has 2 aliphatic rings. The lowest BCUT2D eigenvalue weighted by atomic mass is 9.94. The van der Waals surface area contributed by atoms with Gasteiger partial charge >= 0.3 is 0 Å². The van der Waals surface area contributed by atoms with E-state index in [4.69, 9.17) is 9.73 Å². The number of aliphatic hydroxyl groups excluding tert-OH is 1. The van der Waals surface area contributed by atoms with E-state index >= 15 is 0 Å². The second kappa shape index (κ2) is 10.5. The molecule has 1 aliphatic heterocycles. The molecule has 2 fully saturated rings. The minimum atomic E-state index is -0.243. The fourth-order valence-corrected chi connectivity index (χ4v) is 4.97. The zero-order chi connectivity index (χ0) is 21.6. The monoisotopic (exact) mass is 445 g/mol. The Labute approximate surface area is 186 Å². The van der Waals surface area contributed by atoms with Gasteiger partial charge in [-0.25, -0.2) is 4.68 Å². The van der Waals surface area contributed by atoms with Crippen molar-refractivity contribution < 1.29 is 14.6 Å². The Balaban J connectivity index is 1.36. The van der Waals surface area contributed by atoms with Crippen LogP contribution in [0.5, 0.6) is 0 Å². The molecule has 1 saturated carbocycles. The van der Waals surface area contributed by atoms with Gasteiger partial charge in [0.2, 0.25) is 4.80 Å². The molecule has 0 radical (unpaired) electrons. The van der Waals surface area contributed by atoms with E-state index in [1.165, 1.54) is 11.3 Å². The highest BCUT2D eigenvalue weighted by Crippen LogP contribution is 2.22. The highest BCUT2D eigenvalue weighted by atomic mass is 32.1. The molecular formula is C22H31N5O3S. The molecule has 2 unspecified atom stereocenters. The van der Waals surface area contributed by atoms with Crippen LogP contribution in [0, 0.1) is 0 Å². The summed E-state index contributed by atoms with van der Waals surface area (Å²) in [6, 6.07) is 7.71. The van der Waals surface area contributed by atoms with Gasteiger partial charge in [-0.05, 0) is 37.8 Å². The standard InChI is InChI=1S/C22H31N5O3S/c1-26-22(24-18-3-2-4-19(28)15-18)31-21(25-26)17-7-5-16(6-8-17)20(29)23-9-10-27-11-13-30-14-12-27/h5-8,18-19,28H,2-4,9-15H2,1H3,(H,23,29)/b24-22+. The van der Waals surface area contributed by atoms with Crippen LogP contribution in [-0.4, -0.2) is 77.2 Å². The van der Waals surface area contributed by atoms with E-state index in [2.05, 4.69) is 15.3 Å². The molecule has 0 spiro atoms. The number of hydrogen-bond acceptors (Lipinski definition) is 7. The summed E-state index contributed by atoms with van der Waals surface area (Å²) in [6.45, 7) is 4.84. The SMILES string of the molecule is Cn1nc(-c2ccc(C(=O)NCCN3CCOCC3)cc2)s/c1=N/C1CCCC(O)C1. The zero-order valence-electron chi connectivity index (χ0n) is 18.0. The Morgan fingerprint density at radius 1 is 1.29 bits per heavy atom. The molecular weight excluding hydrogens is 414 g/mol. The average molecular weight is 446 g/mol. The smallest absolute Gasteiger partial charge is 0.251 e. The van der Waals surface area contributed by atoms with Gasteiger partial charge in [0.1, 0.15) is 5.01 Å². The van der Waals surface area contributed by atoms with Crippen LogP contribution < -0.4 is 10.1 Å². The Hall–Kier alpha value is -2.07. The van der Waals surface area contributed by atoms with E-state index < -0.39 is 0 Å². The maximum Gasteiger partial charge on any atom is 0.251 e. The van der Waals surface area contributed by atoms with Crippen LogP contribution in [0.15, 0.2) is 29.3 Å². The minimum absolute atomic E-state index is 0.0592. The predicted molar refractivity (Wildman–Crippen MR) is 120 cm³/mol. The topological polar surface area (TPSA) is 92.0 Å². The molecule has 1 aliphatic carbocycles. The van der Waals surface area contributed by atoms with Crippen molar-refractivity contribution in [1.29, 1.82) is 0 Å². The molecule has 2 atom stereocenters. The third kappa shape index (κ3) is 6.00. The summed E-state index contributed by atoms with van der Waals surface area (Å²) < 4.78 is 7.14. The van der Waals surface area contributed by atoms with Crippen LogP contribution >= 0.6 is 11.3 Å². The number of aryl methyl sites for hydroxylation is 1. The quantitative estimate of drug-likeness (QED) is 0.702. The van der Waals surface area contributed by atoms with Crippen LogP contribution in [-0.2, 0) is 11.8 Å². The molecule has 1 aromatic carbocycles. The van der Waals surface area contributed by atoms with Gasteiger partial charge in [-0.15, -0.1) is 0 Å². The summed E-state index contributed by atoms with van der Waals surface area (Å²) in [6.07, 6.45) is 3.38. The van der Waals surface area contributed by atoms with Crippen molar-refractivity contribution in [2.24, 2.45) is 12.0 Å². The van der Waals surface area contributed by atoms with Crippen molar-refractivity contribution in [3.05, 3.63) is 34.6 Å². The number of carbonyl (C=O) groups excluding carboxylic acids is 1.